The third-order valence-electron chi connectivity index (χ3n) is 1.51. The molecule has 0 saturated carbocycles. The van der Waals surface area contributed by atoms with Crippen LogP contribution in [0.2, 0.25) is 5.15 Å². The van der Waals surface area contributed by atoms with Gasteiger partial charge >= 0.3 is 0 Å². The Morgan fingerprint density at radius 1 is 1.14 bits per heavy atom. The minimum Gasteiger partial charge on any atom is -0.493 e. The largest absolute Gasteiger partial charge is 0.493 e. The first kappa shape index (κ1) is 10.4. The molecule has 0 aliphatic rings. The molecule has 0 unspecified atom stereocenters. The summed E-state index contributed by atoms with van der Waals surface area (Å²) < 4.78 is 0. The van der Waals surface area contributed by atoms with Crippen LogP contribution in [0.3, 0.4) is 0 Å². The first-order chi connectivity index (χ1) is 6.16. The Bertz CT molecular complexity index is 471. The minimum atomic E-state index is -0.362. The summed E-state index contributed by atoms with van der Waals surface area (Å²) in [6, 6.07) is 2.82. The minimum absolute atomic E-state index is 0. The average Bonchev–Trinajstić information content (AvgIpc) is 2.02. The van der Waals surface area contributed by atoms with Gasteiger partial charge in [0.15, 0.2) is 10.7 Å². The molecule has 2 aromatic rings. The van der Waals surface area contributed by atoms with E-state index >= 15 is 0 Å². The van der Waals surface area contributed by atoms with Gasteiger partial charge in [-0.15, -0.1) is 10.2 Å². The van der Waals surface area contributed by atoms with E-state index in [1.807, 2.05) is 0 Å². The summed E-state index contributed by atoms with van der Waals surface area (Å²) in [5.74, 6) is -0.645. The van der Waals surface area contributed by atoms with Crippen LogP contribution in [0.4, 0.5) is 0 Å². The number of hydrogen-bond acceptors (Lipinski definition) is 6. The molecule has 6 nitrogen and oxygen atoms in total. The molecule has 0 radical (unpaired) electrons. The summed E-state index contributed by atoms with van der Waals surface area (Å²) in [6.45, 7) is 0. The van der Waals surface area contributed by atoms with Gasteiger partial charge in [0, 0.05) is 11.5 Å². The lowest BCUT2D eigenvalue weighted by molar-refractivity contribution is 0.417. The Morgan fingerprint density at radius 3 is 2.57 bits per heavy atom. The second kappa shape index (κ2) is 3.60. The molecule has 2 rings (SSSR count). The number of fused-ring (bicyclic) bond motifs is 1. The maximum absolute atomic E-state index is 9.23. The zero-order valence-corrected chi connectivity index (χ0v) is 7.73. The van der Waals surface area contributed by atoms with Crippen LogP contribution in [0, 0.1) is 0 Å². The molecule has 0 atom stereocenters. The summed E-state index contributed by atoms with van der Waals surface area (Å²) in [5.41, 5.74) is 0.210. The van der Waals surface area contributed by atoms with Gasteiger partial charge in [0.2, 0.25) is 11.8 Å². The molecule has 5 N–H and O–H groups in total. The van der Waals surface area contributed by atoms with Crippen molar-refractivity contribution in [1.82, 2.24) is 21.3 Å². The van der Waals surface area contributed by atoms with Crippen molar-refractivity contribution in [3.05, 3.63) is 17.3 Å². The van der Waals surface area contributed by atoms with Gasteiger partial charge in [0.1, 0.15) is 0 Å². The zero-order valence-electron chi connectivity index (χ0n) is 6.98. The van der Waals surface area contributed by atoms with Crippen LogP contribution < -0.4 is 6.15 Å². The third kappa shape index (κ3) is 1.66. The number of aromatic hydroxyl groups is 2. The van der Waals surface area contributed by atoms with Gasteiger partial charge in [-0.05, 0) is 6.07 Å². The van der Waals surface area contributed by atoms with E-state index in [1.54, 1.807) is 0 Å². The van der Waals surface area contributed by atoms with Gasteiger partial charge in [-0.3, -0.25) is 0 Å². The molecule has 0 spiro atoms. The van der Waals surface area contributed by atoms with Crippen molar-refractivity contribution in [1.29, 1.82) is 0 Å². The second-order valence-corrected chi connectivity index (χ2v) is 2.80. The van der Waals surface area contributed by atoms with E-state index in [4.69, 9.17) is 16.7 Å². The lowest BCUT2D eigenvalue weighted by Crippen LogP contribution is -1.87. The van der Waals surface area contributed by atoms with Crippen LogP contribution in [0.25, 0.3) is 10.9 Å². The van der Waals surface area contributed by atoms with Crippen molar-refractivity contribution in [2.24, 2.45) is 0 Å². The molecule has 7 heteroatoms. The average molecular weight is 215 g/mol. The van der Waals surface area contributed by atoms with E-state index in [9.17, 15) is 5.11 Å². The van der Waals surface area contributed by atoms with Gasteiger partial charge in [0.05, 0.1) is 0 Å². The van der Waals surface area contributed by atoms with Crippen molar-refractivity contribution >= 4 is 22.5 Å². The van der Waals surface area contributed by atoms with Crippen molar-refractivity contribution < 1.29 is 10.2 Å². The Morgan fingerprint density at radius 2 is 1.86 bits per heavy atom. The normalized spacial score (nSPS) is 9.79. The van der Waals surface area contributed by atoms with Crippen LogP contribution in [0.5, 0.6) is 11.8 Å². The highest BCUT2D eigenvalue weighted by molar-refractivity contribution is 6.29. The quantitative estimate of drug-likeness (QED) is 0.608. The van der Waals surface area contributed by atoms with Crippen LogP contribution >= 0.6 is 11.6 Å². The molecule has 0 fully saturated rings. The summed E-state index contributed by atoms with van der Waals surface area (Å²) in [7, 11) is 0. The predicted octanol–water partition coefficient (Wildman–Crippen LogP) is 1.25. The van der Waals surface area contributed by atoms with Gasteiger partial charge < -0.3 is 16.4 Å². The summed E-state index contributed by atoms with van der Waals surface area (Å²) in [4.78, 5) is 3.40. The maximum atomic E-state index is 9.23. The number of aromatic nitrogens is 3. The fourth-order valence-corrected chi connectivity index (χ4v) is 1.15. The molecular weight excluding hydrogens is 208 g/mol. The first-order valence-electron chi connectivity index (χ1n) is 3.39. The van der Waals surface area contributed by atoms with Crippen LogP contribution in [0.15, 0.2) is 12.1 Å². The number of hydrogen-bond donors (Lipinski definition) is 3. The summed E-state index contributed by atoms with van der Waals surface area (Å²) in [6.07, 6.45) is 0. The SMILES string of the molecule is N.Oc1cc2cc(Cl)nnc2c(O)n1. The van der Waals surface area contributed by atoms with Crippen molar-refractivity contribution in [3.8, 4) is 11.8 Å². The van der Waals surface area contributed by atoms with E-state index in [0.717, 1.165) is 0 Å². The van der Waals surface area contributed by atoms with E-state index in [0.29, 0.717) is 5.39 Å². The van der Waals surface area contributed by atoms with Crippen LogP contribution in [0.1, 0.15) is 0 Å². The molecule has 2 heterocycles. The standard InChI is InChI=1S/C7H4ClN3O2.H3N/c8-4-1-3-2-5(12)9-7(13)6(3)11-10-4;/h1-2H,(H2,9,12,13);1H3. The fraction of sp³-hybridized carbons (Fsp3) is 0. The second-order valence-electron chi connectivity index (χ2n) is 2.41. The van der Waals surface area contributed by atoms with E-state index in [-0.39, 0.29) is 28.6 Å². The number of halogens is 1. The molecule has 0 amide bonds. The Kier molecular flexibility index (Phi) is 2.68. The summed E-state index contributed by atoms with van der Waals surface area (Å²) in [5, 5.41) is 26.1. The lowest BCUT2D eigenvalue weighted by Gasteiger charge is -1.98. The topological polar surface area (TPSA) is 114 Å². The van der Waals surface area contributed by atoms with E-state index in [1.165, 1.54) is 12.1 Å². The van der Waals surface area contributed by atoms with Crippen molar-refractivity contribution in [2.45, 2.75) is 0 Å². The molecule has 0 aliphatic carbocycles. The molecule has 0 aliphatic heterocycles. The smallest absolute Gasteiger partial charge is 0.243 e. The van der Waals surface area contributed by atoms with E-state index < -0.39 is 0 Å². The van der Waals surface area contributed by atoms with Gasteiger partial charge in [-0.1, -0.05) is 11.6 Å². The highest BCUT2D eigenvalue weighted by Gasteiger charge is 2.06. The van der Waals surface area contributed by atoms with Crippen LogP contribution in [-0.2, 0) is 0 Å². The molecule has 14 heavy (non-hydrogen) atoms. The Hall–Kier alpha value is -1.66. The highest BCUT2D eigenvalue weighted by Crippen LogP contribution is 2.24. The van der Waals surface area contributed by atoms with Gasteiger partial charge in [-0.25, -0.2) is 0 Å². The molecule has 74 valence electrons. The Balaban J connectivity index is 0.000000980. The number of rotatable bonds is 0. The molecule has 0 saturated heterocycles. The van der Waals surface area contributed by atoms with E-state index in [2.05, 4.69) is 15.2 Å². The lowest BCUT2D eigenvalue weighted by atomic mass is 10.3. The fourth-order valence-electron chi connectivity index (χ4n) is 0.998. The highest BCUT2D eigenvalue weighted by atomic mass is 35.5. The van der Waals surface area contributed by atoms with Crippen LogP contribution in [-0.4, -0.2) is 25.4 Å². The van der Waals surface area contributed by atoms with Gasteiger partial charge in [0.25, 0.3) is 0 Å². The zero-order chi connectivity index (χ0) is 9.42. The summed E-state index contributed by atoms with van der Waals surface area (Å²) >= 11 is 5.57. The molecule has 2 aromatic heterocycles. The van der Waals surface area contributed by atoms with Crippen molar-refractivity contribution in [2.75, 3.05) is 0 Å². The Labute approximate surface area is 83.8 Å². The predicted molar refractivity (Wildman–Crippen MR) is 50.7 cm³/mol. The molecule has 0 bridgehead atoms. The monoisotopic (exact) mass is 214 g/mol. The van der Waals surface area contributed by atoms with Gasteiger partial charge in [-0.2, -0.15) is 4.98 Å². The first-order valence-corrected chi connectivity index (χ1v) is 3.76. The maximum Gasteiger partial charge on any atom is 0.243 e. The number of nitrogens with zero attached hydrogens (tertiary/aromatic N) is 3. The molecular formula is C7H7ClN4O2. The molecule has 0 aromatic carbocycles. The number of pyridine rings is 1. The third-order valence-corrected chi connectivity index (χ3v) is 1.70. The van der Waals surface area contributed by atoms with Crippen molar-refractivity contribution in [3.63, 3.8) is 0 Å².